The molecule has 0 aliphatic rings. The Morgan fingerprint density at radius 2 is 2.33 bits per heavy atom. The summed E-state index contributed by atoms with van der Waals surface area (Å²) in [7, 11) is 3.62. The van der Waals surface area contributed by atoms with Gasteiger partial charge in [0.05, 0.1) is 12.6 Å². The average molecular weight is 283 g/mol. The van der Waals surface area contributed by atoms with Gasteiger partial charge in [0.25, 0.3) is 0 Å². The molecule has 2 rings (SSSR count). The minimum atomic E-state index is 0.227. The van der Waals surface area contributed by atoms with Crippen LogP contribution in [-0.4, -0.2) is 19.1 Å². The normalized spacial score (nSPS) is 12.4. The van der Waals surface area contributed by atoms with Crippen LogP contribution in [0, 0.1) is 0 Å². The summed E-state index contributed by atoms with van der Waals surface area (Å²) in [5.74, 6) is 0.865. The molecule has 1 unspecified atom stereocenters. The van der Waals surface area contributed by atoms with Crippen molar-refractivity contribution in [1.82, 2.24) is 10.3 Å². The number of nitrogens with one attached hydrogen (secondary N) is 1. The standard InChI is InChI=1S/C13H15ClN2OS/c1-15-11(13-7-16-8-18-13)6-9-5-10(14)3-4-12(9)17-2/h3-5,7-8,11,15H,6H2,1-2H3. The fourth-order valence-electron chi connectivity index (χ4n) is 1.87. The molecule has 0 fully saturated rings. The molecule has 0 saturated heterocycles. The molecule has 0 aliphatic heterocycles. The summed E-state index contributed by atoms with van der Waals surface area (Å²) in [6, 6.07) is 5.92. The van der Waals surface area contributed by atoms with Gasteiger partial charge in [-0.3, -0.25) is 4.98 Å². The fraction of sp³-hybridized carbons (Fsp3) is 0.308. The third kappa shape index (κ3) is 3.02. The van der Waals surface area contributed by atoms with Crippen LogP contribution in [0.5, 0.6) is 5.75 Å². The maximum Gasteiger partial charge on any atom is 0.122 e. The molecule has 0 aliphatic carbocycles. The number of aromatic nitrogens is 1. The first-order chi connectivity index (χ1) is 8.74. The van der Waals surface area contributed by atoms with Crippen molar-refractivity contribution in [3.05, 3.63) is 45.4 Å². The molecule has 1 aromatic carbocycles. The number of ether oxygens (including phenoxy) is 1. The third-order valence-corrected chi connectivity index (χ3v) is 3.93. The van der Waals surface area contributed by atoms with Crippen LogP contribution >= 0.6 is 22.9 Å². The molecule has 1 heterocycles. The molecule has 0 bridgehead atoms. The fourth-order valence-corrected chi connectivity index (χ4v) is 2.79. The number of likely N-dealkylation sites (N-methyl/N-ethyl adjacent to an activating group) is 1. The van der Waals surface area contributed by atoms with E-state index in [0.29, 0.717) is 0 Å². The van der Waals surface area contributed by atoms with E-state index in [2.05, 4.69) is 10.3 Å². The van der Waals surface area contributed by atoms with E-state index < -0.39 is 0 Å². The molecule has 3 nitrogen and oxygen atoms in total. The SMILES string of the molecule is CNC(Cc1cc(Cl)ccc1OC)c1cncs1. The van der Waals surface area contributed by atoms with Gasteiger partial charge in [-0.1, -0.05) is 11.6 Å². The average Bonchev–Trinajstić information content (AvgIpc) is 2.90. The van der Waals surface area contributed by atoms with Crippen LogP contribution in [0.25, 0.3) is 0 Å². The highest BCUT2D eigenvalue weighted by molar-refractivity contribution is 7.09. The van der Waals surface area contributed by atoms with Gasteiger partial charge in [-0.05, 0) is 37.2 Å². The number of hydrogen-bond acceptors (Lipinski definition) is 4. The van der Waals surface area contributed by atoms with Crippen LogP contribution in [0.1, 0.15) is 16.5 Å². The maximum atomic E-state index is 6.04. The van der Waals surface area contributed by atoms with E-state index in [9.17, 15) is 0 Å². The molecule has 1 aromatic heterocycles. The second-order valence-corrected chi connectivity index (χ2v) is 5.26. The summed E-state index contributed by atoms with van der Waals surface area (Å²) >= 11 is 7.68. The van der Waals surface area contributed by atoms with Crippen molar-refractivity contribution >= 4 is 22.9 Å². The highest BCUT2D eigenvalue weighted by Gasteiger charge is 2.14. The summed E-state index contributed by atoms with van der Waals surface area (Å²) in [5.41, 5.74) is 2.94. The largest absolute Gasteiger partial charge is 0.496 e. The topological polar surface area (TPSA) is 34.1 Å². The first-order valence-electron chi connectivity index (χ1n) is 5.62. The van der Waals surface area contributed by atoms with Crippen molar-refractivity contribution in [2.45, 2.75) is 12.5 Å². The number of halogens is 1. The van der Waals surface area contributed by atoms with E-state index in [1.54, 1.807) is 18.4 Å². The number of nitrogens with zero attached hydrogens (tertiary/aromatic N) is 1. The molecule has 2 aromatic rings. The van der Waals surface area contributed by atoms with Crippen LogP contribution in [0.4, 0.5) is 0 Å². The lowest BCUT2D eigenvalue weighted by atomic mass is 10.0. The first-order valence-corrected chi connectivity index (χ1v) is 6.88. The molecule has 5 heteroatoms. The Balaban J connectivity index is 2.24. The minimum Gasteiger partial charge on any atom is -0.496 e. The Labute approximate surface area is 116 Å². The summed E-state index contributed by atoms with van der Waals surface area (Å²) in [4.78, 5) is 5.32. The predicted molar refractivity (Wildman–Crippen MR) is 75.6 cm³/mol. The molecule has 96 valence electrons. The van der Waals surface area contributed by atoms with Gasteiger partial charge >= 0.3 is 0 Å². The van der Waals surface area contributed by atoms with Crippen molar-refractivity contribution in [2.24, 2.45) is 0 Å². The molecule has 1 atom stereocenters. The molecule has 0 saturated carbocycles. The Morgan fingerprint density at radius 3 is 2.94 bits per heavy atom. The van der Waals surface area contributed by atoms with Gasteiger partial charge in [-0.25, -0.2) is 0 Å². The minimum absolute atomic E-state index is 0.227. The van der Waals surface area contributed by atoms with Crippen molar-refractivity contribution in [2.75, 3.05) is 14.2 Å². The van der Waals surface area contributed by atoms with Crippen LogP contribution < -0.4 is 10.1 Å². The quantitative estimate of drug-likeness (QED) is 0.914. The number of methoxy groups -OCH3 is 1. The smallest absolute Gasteiger partial charge is 0.122 e. The van der Waals surface area contributed by atoms with Gasteiger partial charge in [0.1, 0.15) is 5.75 Å². The highest BCUT2D eigenvalue weighted by Crippen LogP contribution is 2.28. The Bertz CT molecular complexity index is 502. The van der Waals surface area contributed by atoms with Crippen LogP contribution in [0.2, 0.25) is 5.02 Å². The summed E-state index contributed by atoms with van der Waals surface area (Å²) in [6.45, 7) is 0. The Morgan fingerprint density at radius 1 is 1.50 bits per heavy atom. The van der Waals surface area contributed by atoms with Gasteiger partial charge in [-0.15, -0.1) is 11.3 Å². The van der Waals surface area contributed by atoms with Gasteiger partial charge in [-0.2, -0.15) is 0 Å². The lowest BCUT2D eigenvalue weighted by Gasteiger charge is -2.16. The number of hydrogen-bond donors (Lipinski definition) is 1. The van der Waals surface area contributed by atoms with Crippen molar-refractivity contribution in [3.8, 4) is 5.75 Å². The summed E-state index contributed by atoms with van der Waals surface area (Å²) in [6.07, 6.45) is 2.71. The Hall–Kier alpha value is -1.10. The maximum absolute atomic E-state index is 6.04. The third-order valence-electron chi connectivity index (χ3n) is 2.81. The van der Waals surface area contributed by atoms with E-state index >= 15 is 0 Å². The molecule has 1 N–H and O–H groups in total. The van der Waals surface area contributed by atoms with Crippen LogP contribution in [-0.2, 0) is 6.42 Å². The lowest BCUT2D eigenvalue weighted by Crippen LogP contribution is -2.18. The van der Waals surface area contributed by atoms with Crippen LogP contribution in [0.15, 0.2) is 29.9 Å². The molecular formula is C13H15ClN2OS. The zero-order valence-electron chi connectivity index (χ0n) is 10.3. The number of benzene rings is 1. The van der Waals surface area contributed by atoms with Gasteiger partial charge in [0, 0.05) is 22.1 Å². The molecule has 0 amide bonds. The van der Waals surface area contributed by atoms with E-state index in [1.165, 1.54) is 4.88 Å². The second kappa shape index (κ2) is 6.18. The van der Waals surface area contributed by atoms with Crippen molar-refractivity contribution in [1.29, 1.82) is 0 Å². The monoisotopic (exact) mass is 282 g/mol. The van der Waals surface area contributed by atoms with Gasteiger partial charge in [0.15, 0.2) is 0 Å². The zero-order valence-corrected chi connectivity index (χ0v) is 11.9. The summed E-state index contributed by atoms with van der Waals surface area (Å²) in [5, 5.41) is 4.02. The number of thiazole rings is 1. The Kier molecular flexibility index (Phi) is 4.58. The zero-order chi connectivity index (χ0) is 13.0. The first kappa shape index (κ1) is 13.3. The van der Waals surface area contributed by atoms with Crippen molar-refractivity contribution < 1.29 is 4.74 Å². The second-order valence-electron chi connectivity index (χ2n) is 3.91. The highest BCUT2D eigenvalue weighted by atomic mass is 35.5. The van der Waals surface area contributed by atoms with E-state index in [4.69, 9.17) is 16.3 Å². The van der Waals surface area contributed by atoms with E-state index in [1.807, 2.05) is 37.0 Å². The van der Waals surface area contributed by atoms with Crippen LogP contribution in [0.3, 0.4) is 0 Å². The number of rotatable bonds is 5. The van der Waals surface area contributed by atoms with E-state index in [-0.39, 0.29) is 6.04 Å². The molecule has 0 radical (unpaired) electrons. The molecule has 0 spiro atoms. The van der Waals surface area contributed by atoms with Crippen molar-refractivity contribution in [3.63, 3.8) is 0 Å². The van der Waals surface area contributed by atoms with Gasteiger partial charge in [0.2, 0.25) is 0 Å². The molecular weight excluding hydrogens is 268 g/mol. The van der Waals surface area contributed by atoms with E-state index in [0.717, 1.165) is 22.8 Å². The van der Waals surface area contributed by atoms with Gasteiger partial charge < -0.3 is 10.1 Å². The molecule has 18 heavy (non-hydrogen) atoms. The predicted octanol–water partition coefficient (Wildman–Crippen LogP) is 3.31. The lowest BCUT2D eigenvalue weighted by molar-refractivity contribution is 0.406. The summed E-state index contributed by atoms with van der Waals surface area (Å²) < 4.78 is 5.36.